The number of anilines is 2. The quantitative estimate of drug-likeness (QED) is 0.541. The molecule has 1 aromatic carbocycles. The first-order chi connectivity index (χ1) is 12.7. The highest BCUT2D eigenvalue weighted by atomic mass is 32.1. The van der Waals surface area contributed by atoms with Crippen LogP contribution < -0.4 is 15.7 Å². The van der Waals surface area contributed by atoms with Gasteiger partial charge < -0.3 is 14.5 Å². The number of aryl methyl sites for hydroxylation is 1. The van der Waals surface area contributed by atoms with Gasteiger partial charge in [-0.2, -0.15) is 0 Å². The van der Waals surface area contributed by atoms with Gasteiger partial charge in [0.25, 0.3) is 0 Å². The van der Waals surface area contributed by atoms with Crippen LogP contribution in [0.4, 0.5) is 10.8 Å². The molecule has 0 aliphatic carbocycles. The van der Waals surface area contributed by atoms with Gasteiger partial charge in [0, 0.05) is 17.0 Å². The summed E-state index contributed by atoms with van der Waals surface area (Å²) in [5, 5.41) is 6.53. The summed E-state index contributed by atoms with van der Waals surface area (Å²) >= 11 is 1.40. The van der Waals surface area contributed by atoms with E-state index in [1.807, 2.05) is 36.6 Å². The Bertz CT molecular complexity index is 1150. The second-order valence-corrected chi connectivity index (χ2v) is 6.54. The Hall–Kier alpha value is -3.19. The zero-order valence-corrected chi connectivity index (χ0v) is 15.0. The fraction of sp³-hybridized carbons (Fsp3) is 0.105. The van der Waals surface area contributed by atoms with Crippen molar-refractivity contribution in [1.82, 2.24) is 9.97 Å². The number of fused-ring (bicyclic) bond motifs is 1. The van der Waals surface area contributed by atoms with E-state index in [0.717, 1.165) is 16.6 Å². The Morgan fingerprint density at radius 1 is 1.27 bits per heavy atom. The highest BCUT2D eigenvalue weighted by molar-refractivity contribution is 7.14. The third-order valence-electron chi connectivity index (χ3n) is 3.98. The molecule has 0 spiro atoms. The normalized spacial score (nSPS) is 10.8. The lowest BCUT2D eigenvalue weighted by molar-refractivity contribution is 0.415. The number of aromatic nitrogens is 2. The Morgan fingerprint density at radius 3 is 3.00 bits per heavy atom. The molecule has 1 N–H and O–H groups in total. The van der Waals surface area contributed by atoms with Crippen molar-refractivity contribution in [2.75, 3.05) is 12.4 Å². The van der Waals surface area contributed by atoms with Gasteiger partial charge >= 0.3 is 5.63 Å². The van der Waals surface area contributed by atoms with Crippen LogP contribution in [0, 0.1) is 6.92 Å². The zero-order valence-electron chi connectivity index (χ0n) is 14.1. The standard InChI is InChI=1S/C19H15N3O3S/c1-11-4-3-5-12-8-13(18(23)25-17(11)12)15-10-26-19(22-15)21-14-6-7-20-9-16(14)24-2/h3-10H,1-2H3,(H,20,21,22). The molecule has 3 aromatic heterocycles. The molecule has 0 atom stereocenters. The Labute approximate surface area is 153 Å². The van der Waals surface area contributed by atoms with Gasteiger partial charge in [0.15, 0.2) is 10.9 Å². The molecule has 0 bridgehead atoms. The number of hydrogen-bond acceptors (Lipinski definition) is 7. The number of thiazole rings is 1. The van der Waals surface area contributed by atoms with Crippen LogP contribution in [0.25, 0.3) is 22.2 Å². The van der Waals surface area contributed by atoms with Crippen molar-refractivity contribution in [2.24, 2.45) is 0 Å². The first kappa shape index (κ1) is 16.3. The molecule has 0 fully saturated rings. The molecule has 0 radical (unpaired) electrons. The Kier molecular flexibility index (Phi) is 4.14. The van der Waals surface area contributed by atoms with Crippen molar-refractivity contribution in [1.29, 1.82) is 0 Å². The summed E-state index contributed by atoms with van der Waals surface area (Å²) in [5.74, 6) is 0.616. The summed E-state index contributed by atoms with van der Waals surface area (Å²) in [5.41, 5.74) is 2.90. The first-order valence-corrected chi connectivity index (χ1v) is 8.78. The highest BCUT2D eigenvalue weighted by Crippen LogP contribution is 2.30. The second kappa shape index (κ2) is 6.61. The highest BCUT2D eigenvalue weighted by Gasteiger charge is 2.13. The average molecular weight is 365 g/mol. The van der Waals surface area contributed by atoms with E-state index in [4.69, 9.17) is 9.15 Å². The number of hydrogen-bond donors (Lipinski definition) is 1. The minimum absolute atomic E-state index is 0.398. The summed E-state index contributed by atoms with van der Waals surface area (Å²) in [6, 6.07) is 9.39. The van der Waals surface area contributed by atoms with Gasteiger partial charge in [0.05, 0.1) is 30.3 Å². The van der Waals surface area contributed by atoms with Gasteiger partial charge in [0.1, 0.15) is 5.58 Å². The number of nitrogens with zero attached hydrogens (tertiary/aromatic N) is 2. The molecule has 4 aromatic rings. The number of para-hydroxylation sites is 1. The Balaban J connectivity index is 1.71. The lowest BCUT2D eigenvalue weighted by Gasteiger charge is -2.07. The van der Waals surface area contributed by atoms with Gasteiger partial charge in [-0.25, -0.2) is 9.78 Å². The third kappa shape index (κ3) is 2.93. The second-order valence-electron chi connectivity index (χ2n) is 5.68. The number of ether oxygens (including phenoxy) is 1. The average Bonchev–Trinajstić information content (AvgIpc) is 3.11. The van der Waals surface area contributed by atoms with Crippen LogP contribution >= 0.6 is 11.3 Å². The molecule has 6 nitrogen and oxygen atoms in total. The lowest BCUT2D eigenvalue weighted by atomic mass is 10.1. The zero-order chi connectivity index (χ0) is 18.1. The molecule has 4 rings (SSSR count). The smallest absolute Gasteiger partial charge is 0.345 e. The summed E-state index contributed by atoms with van der Waals surface area (Å²) < 4.78 is 10.8. The maximum atomic E-state index is 12.4. The predicted molar refractivity (Wildman–Crippen MR) is 102 cm³/mol. The van der Waals surface area contributed by atoms with E-state index in [-0.39, 0.29) is 0 Å². The molecular weight excluding hydrogens is 350 g/mol. The van der Waals surface area contributed by atoms with Gasteiger partial charge in [-0.3, -0.25) is 4.98 Å². The summed E-state index contributed by atoms with van der Waals surface area (Å²) in [7, 11) is 1.58. The molecule has 130 valence electrons. The molecule has 0 saturated heterocycles. The van der Waals surface area contributed by atoms with E-state index < -0.39 is 5.63 Å². The molecule has 0 aliphatic rings. The van der Waals surface area contributed by atoms with E-state index in [1.165, 1.54) is 11.3 Å². The van der Waals surface area contributed by atoms with E-state index >= 15 is 0 Å². The van der Waals surface area contributed by atoms with Crippen LogP contribution in [0.5, 0.6) is 5.75 Å². The van der Waals surface area contributed by atoms with E-state index in [9.17, 15) is 4.79 Å². The molecule has 0 amide bonds. The number of nitrogens with one attached hydrogen (secondary N) is 1. The predicted octanol–water partition coefficient (Wildman–Crippen LogP) is 4.37. The maximum absolute atomic E-state index is 12.4. The monoisotopic (exact) mass is 365 g/mol. The fourth-order valence-electron chi connectivity index (χ4n) is 2.68. The minimum Gasteiger partial charge on any atom is -0.493 e. The van der Waals surface area contributed by atoms with Crippen LogP contribution in [-0.4, -0.2) is 17.1 Å². The van der Waals surface area contributed by atoms with E-state index in [0.29, 0.717) is 27.7 Å². The van der Waals surface area contributed by atoms with Gasteiger partial charge in [-0.05, 0) is 24.6 Å². The largest absolute Gasteiger partial charge is 0.493 e. The lowest BCUT2D eigenvalue weighted by Crippen LogP contribution is -2.03. The van der Waals surface area contributed by atoms with Crippen LogP contribution in [0.2, 0.25) is 0 Å². The SMILES string of the molecule is COc1cnccc1Nc1nc(-c2cc3cccc(C)c3oc2=O)cs1. The summed E-state index contributed by atoms with van der Waals surface area (Å²) in [6.45, 7) is 1.91. The number of methoxy groups -OCH3 is 1. The van der Waals surface area contributed by atoms with Crippen LogP contribution in [-0.2, 0) is 0 Å². The molecule has 3 heterocycles. The van der Waals surface area contributed by atoms with Gasteiger partial charge in [-0.15, -0.1) is 11.3 Å². The number of pyridine rings is 1. The molecule has 26 heavy (non-hydrogen) atoms. The van der Waals surface area contributed by atoms with Crippen molar-refractivity contribution in [2.45, 2.75) is 6.92 Å². The molecule has 7 heteroatoms. The molecule has 0 aliphatic heterocycles. The van der Waals surface area contributed by atoms with Crippen molar-refractivity contribution in [3.63, 3.8) is 0 Å². The number of benzene rings is 1. The van der Waals surface area contributed by atoms with Crippen molar-refractivity contribution in [3.8, 4) is 17.0 Å². The molecular formula is C19H15N3O3S. The Morgan fingerprint density at radius 2 is 2.15 bits per heavy atom. The topological polar surface area (TPSA) is 77.2 Å². The summed E-state index contributed by atoms with van der Waals surface area (Å²) in [4.78, 5) is 20.9. The summed E-state index contributed by atoms with van der Waals surface area (Å²) in [6.07, 6.45) is 3.29. The minimum atomic E-state index is -0.398. The van der Waals surface area contributed by atoms with Crippen molar-refractivity contribution in [3.05, 3.63) is 64.1 Å². The fourth-order valence-corrected chi connectivity index (χ4v) is 3.41. The van der Waals surface area contributed by atoms with Crippen molar-refractivity contribution >= 4 is 33.1 Å². The molecule has 0 unspecified atom stereocenters. The van der Waals surface area contributed by atoms with E-state index in [2.05, 4.69) is 15.3 Å². The van der Waals surface area contributed by atoms with Gasteiger partial charge in [0.2, 0.25) is 0 Å². The van der Waals surface area contributed by atoms with E-state index in [1.54, 1.807) is 25.6 Å². The van der Waals surface area contributed by atoms with Crippen molar-refractivity contribution < 1.29 is 9.15 Å². The van der Waals surface area contributed by atoms with Gasteiger partial charge in [-0.1, -0.05) is 18.2 Å². The third-order valence-corrected chi connectivity index (χ3v) is 4.74. The molecule has 0 saturated carbocycles. The van der Waals surface area contributed by atoms with Crippen LogP contribution in [0.3, 0.4) is 0 Å². The first-order valence-electron chi connectivity index (χ1n) is 7.90. The van der Waals surface area contributed by atoms with Crippen LogP contribution in [0.1, 0.15) is 5.56 Å². The van der Waals surface area contributed by atoms with Crippen LogP contribution in [0.15, 0.2) is 57.3 Å². The number of rotatable bonds is 4. The maximum Gasteiger partial charge on any atom is 0.345 e.